The van der Waals surface area contributed by atoms with E-state index in [9.17, 15) is 26.7 Å². The van der Waals surface area contributed by atoms with Gasteiger partial charge in [0.25, 0.3) is 0 Å². The summed E-state index contributed by atoms with van der Waals surface area (Å²) in [5, 5.41) is 0. The Morgan fingerprint density at radius 2 is 1.96 bits per heavy atom. The second kappa shape index (κ2) is 5.30. The van der Waals surface area contributed by atoms with Crippen molar-refractivity contribution in [1.82, 2.24) is 0 Å². The van der Waals surface area contributed by atoms with Crippen LogP contribution in [0.3, 0.4) is 0 Å². The molecule has 138 valence electrons. The Morgan fingerprint density at radius 1 is 1.32 bits per heavy atom. The van der Waals surface area contributed by atoms with Gasteiger partial charge in [-0.15, -0.1) is 0 Å². The molecule has 3 rings (SSSR count). The van der Waals surface area contributed by atoms with Crippen LogP contribution in [0.4, 0.5) is 22.0 Å². The Kier molecular flexibility index (Phi) is 3.79. The first-order chi connectivity index (χ1) is 11.5. The molecule has 4 nitrogen and oxygen atoms in total. The molecule has 1 aliphatic carbocycles. The first kappa shape index (κ1) is 17.9. The molecule has 2 N–H and O–H groups in total. The molecule has 4 unspecified atom stereocenters. The molecule has 2 fully saturated rings. The summed E-state index contributed by atoms with van der Waals surface area (Å²) < 4.78 is 78.7. The van der Waals surface area contributed by atoms with Crippen molar-refractivity contribution in [1.29, 1.82) is 0 Å². The van der Waals surface area contributed by atoms with Crippen LogP contribution >= 0.6 is 0 Å². The summed E-state index contributed by atoms with van der Waals surface area (Å²) in [5.41, 5.74) is 1.08. The topological polar surface area (TPSA) is 61.5 Å². The molecule has 0 spiro atoms. The van der Waals surface area contributed by atoms with E-state index in [0.29, 0.717) is 0 Å². The van der Waals surface area contributed by atoms with E-state index < -0.39 is 52.5 Å². The van der Waals surface area contributed by atoms with Gasteiger partial charge in [0.1, 0.15) is 6.10 Å². The number of nitrogens with two attached hydrogens (primary N) is 1. The Bertz CT molecular complexity index is 737. The molecule has 0 bridgehead atoms. The van der Waals surface area contributed by atoms with E-state index in [-0.39, 0.29) is 18.4 Å². The van der Waals surface area contributed by atoms with Gasteiger partial charge in [-0.1, -0.05) is 13.0 Å². The fraction of sp³-hybridized carbons (Fsp3) is 0.562. The number of hydrogen-bond donors (Lipinski definition) is 1. The lowest BCUT2D eigenvalue weighted by Crippen LogP contribution is -2.63. The molecule has 25 heavy (non-hydrogen) atoms. The number of ether oxygens (including phenoxy) is 2. The lowest BCUT2D eigenvalue weighted by atomic mass is 9.51. The van der Waals surface area contributed by atoms with Crippen molar-refractivity contribution in [3.63, 3.8) is 0 Å². The van der Waals surface area contributed by atoms with Crippen LogP contribution < -0.4 is 10.5 Å². The van der Waals surface area contributed by atoms with Gasteiger partial charge >= 0.3 is 6.18 Å². The van der Waals surface area contributed by atoms with Crippen molar-refractivity contribution in [2.75, 3.05) is 7.11 Å². The summed E-state index contributed by atoms with van der Waals surface area (Å²) in [6.07, 6.45) is -6.62. The molecular formula is C16H16F5NO3. The summed E-state index contributed by atoms with van der Waals surface area (Å²) in [6.45, 7) is 1.32. The third-order valence-electron chi connectivity index (χ3n) is 5.59. The average Bonchev–Trinajstić information content (AvgIpc) is 2.68. The normalized spacial score (nSPS) is 34.4. The number of methoxy groups -OCH3 is 1. The second-order valence-electron chi connectivity index (χ2n) is 6.64. The first-order valence-corrected chi connectivity index (χ1v) is 7.56. The summed E-state index contributed by atoms with van der Waals surface area (Å²) in [4.78, 5) is 11.8. The maximum absolute atomic E-state index is 14.1. The van der Waals surface area contributed by atoms with Crippen LogP contribution in [0.1, 0.15) is 31.2 Å². The molecule has 9 heteroatoms. The number of fused-ring (bicyclic) bond motifs is 1. The Balaban J connectivity index is 2.21. The van der Waals surface area contributed by atoms with E-state index in [1.807, 2.05) is 0 Å². The Labute approximate surface area is 140 Å². The van der Waals surface area contributed by atoms with Crippen molar-refractivity contribution in [2.24, 2.45) is 11.1 Å². The summed E-state index contributed by atoms with van der Waals surface area (Å²) >= 11 is 0. The maximum Gasteiger partial charge on any atom is 0.418 e. The molecule has 1 heterocycles. The van der Waals surface area contributed by atoms with E-state index in [4.69, 9.17) is 15.2 Å². The minimum atomic E-state index is -4.74. The van der Waals surface area contributed by atoms with Gasteiger partial charge in [0.15, 0.2) is 17.2 Å². The van der Waals surface area contributed by atoms with E-state index in [1.54, 1.807) is 0 Å². The zero-order chi connectivity index (χ0) is 18.8. The molecule has 1 aromatic carbocycles. The fourth-order valence-electron chi connectivity index (χ4n) is 4.23. The van der Waals surface area contributed by atoms with Crippen LogP contribution in [0.2, 0.25) is 0 Å². The van der Waals surface area contributed by atoms with Crippen LogP contribution in [0.5, 0.6) is 5.75 Å². The van der Waals surface area contributed by atoms with Crippen molar-refractivity contribution in [2.45, 2.75) is 43.6 Å². The molecule has 0 aromatic heterocycles. The van der Waals surface area contributed by atoms with Gasteiger partial charge in [0.05, 0.1) is 7.11 Å². The van der Waals surface area contributed by atoms with Crippen LogP contribution in [0, 0.1) is 17.0 Å². The van der Waals surface area contributed by atoms with Crippen molar-refractivity contribution >= 4 is 5.91 Å². The third-order valence-corrected chi connectivity index (χ3v) is 5.59. The largest absolute Gasteiger partial charge is 0.493 e. The number of primary amides is 1. The standard InChI is InChI=1S/C16H16F5NO3/c1-14-5-6-15(14,16(19,20)21)25-12(13(22)23)9(14)7-3-4-8(17)10(18)11(7)24-2/h3-4,9,12H,5-6H2,1-2H3,(H2,22,23). The van der Waals surface area contributed by atoms with Gasteiger partial charge in [0, 0.05) is 16.9 Å². The number of benzene rings is 1. The molecule has 1 amide bonds. The lowest BCUT2D eigenvalue weighted by molar-refractivity contribution is -0.328. The van der Waals surface area contributed by atoms with Gasteiger partial charge in [-0.2, -0.15) is 17.6 Å². The van der Waals surface area contributed by atoms with Crippen molar-refractivity contribution in [3.05, 3.63) is 29.3 Å². The van der Waals surface area contributed by atoms with Gasteiger partial charge in [0.2, 0.25) is 11.7 Å². The Morgan fingerprint density at radius 3 is 2.40 bits per heavy atom. The van der Waals surface area contributed by atoms with Gasteiger partial charge in [-0.25, -0.2) is 4.39 Å². The summed E-state index contributed by atoms with van der Waals surface area (Å²) in [7, 11) is 1.07. The highest BCUT2D eigenvalue weighted by Crippen LogP contribution is 2.71. The quantitative estimate of drug-likeness (QED) is 0.838. The number of amides is 1. The molecule has 4 atom stereocenters. The summed E-state index contributed by atoms with van der Waals surface area (Å²) in [5.74, 6) is -5.42. The number of hydrogen-bond acceptors (Lipinski definition) is 3. The highest BCUT2D eigenvalue weighted by atomic mass is 19.4. The monoisotopic (exact) mass is 365 g/mol. The predicted octanol–water partition coefficient (Wildman–Crippen LogP) is 3.04. The van der Waals surface area contributed by atoms with Gasteiger partial charge in [-0.3, -0.25) is 4.79 Å². The molecule has 1 saturated heterocycles. The number of rotatable bonds is 3. The number of alkyl halides is 3. The minimum Gasteiger partial charge on any atom is -0.493 e. The van der Waals surface area contributed by atoms with E-state index in [1.165, 1.54) is 6.92 Å². The van der Waals surface area contributed by atoms with Gasteiger partial charge < -0.3 is 15.2 Å². The van der Waals surface area contributed by atoms with Crippen LogP contribution in [0.15, 0.2) is 12.1 Å². The van der Waals surface area contributed by atoms with Crippen molar-refractivity contribution in [3.8, 4) is 5.75 Å². The van der Waals surface area contributed by atoms with Crippen LogP contribution in [0.25, 0.3) is 0 Å². The zero-order valence-corrected chi connectivity index (χ0v) is 13.4. The molecule has 1 aliphatic heterocycles. The van der Waals surface area contributed by atoms with Gasteiger partial charge in [-0.05, 0) is 18.9 Å². The molecule has 1 saturated carbocycles. The number of carbonyl (C=O) groups is 1. The van der Waals surface area contributed by atoms with Crippen LogP contribution in [-0.4, -0.2) is 30.9 Å². The highest BCUT2D eigenvalue weighted by Gasteiger charge is 2.79. The van der Waals surface area contributed by atoms with Crippen LogP contribution in [-0.2, 0) is 9.53 Å². The first-order valence-electron chi connectivity index (χ1n) is 7.56. The SMILES string of the molecule is COc1c(C2C(C(N)=O)OC3(C(F)(F)F)CCC23C)ccc(F)c1F. The maximum atomic E-state index is 14.1. The smallest absolute Gasteiger partial charge is 0.418 e. The third kappa shape index (κ3) is 2.11. The summed E-state index contributed by atoms with van der Waals surface area (Å²) in [6, 6.07) is 1.89. The van der Waals surface area contributed by atoms with Crippen molar-refractivity contribution < 1.29 is 36.2 Å². The molecule has 0 radical (unpaired) electrons. The fourth-order valence-corrected chi connectivity index (χ4v) is 4.23. The molecular weight excluding hydrogens is 349 g/mol. The Hall–Kier alpha value is -1.90. The number of halogens is 5. The minimum absolute atomic E-state index is 0.0708. The number of carbonyl (C=O) groups excluding carboxylic acids is 1. The highest BCUT2D eigenvalue weighted by molar-refractivity contribution is 5.81. The van der Waals surface area contributed by atoms with E-state index in [0.717, 1.165) is 19.2 Å². The van der Waals surface area contributed by atoms with E-state index in [2.05, 4.69) is 0 Å². The zero-order valence-electron chi connectivity index (χ0n) is 13.4. The average molecular weight is 365 g/mol. The lowest BCUT2D eigenvalue weighted by Gasteiger charge is -2.54. The predicted molar refractivity (Wildman–Crippen MR) is 75.8 cm³/mol. The second-order valence-corrected chi connectivity index (χ2v) is 6.64. The molecule has 2 aliphatic rings. The van der Waals surface area contributed by atoms with E-state index >= 15 is 0 Å². The molecule has 1 aromatic rings.